The molecule has 9 heteroatoms. The number of hydrogen-bond acceptors (Lipinski definition) is 5. The first-order valence-corrected chi connectivity index (χ1v) is 11.3. The predicted octanol–water partition coefficient (Wildman–Crippen LogP) is 4.50. The third-order valence-electron chi connectivity index (χ3n) is 5.21. The molecule has 0 saturated carbocycles. The number of pyridine rings is 1. The van der Waals surface area contributed by atoms with Crippen molar-refractivity contribution >= 4 is 34.2 Å². The highest BCUT2D eigenvalue weighted by Crippen LogP contribution is 2.32. The number of fused-ring (bicyclic) bond motifs is 1. The van der Waals surface area contributed by atoms with Crippen LogP contribution in [0.4, 0.5) is 4.39 Å². The van der Waals surface area contributed by atoms with Gasteiger partial charge in [0.05, 0.1) is 29.3 Å². The smallest absolute Gasteiger partial charge is 0.270 e. The van der Waals surface area contributed by atoms with E-state index in [2.05, 4.69) is 22.0 Å². The molecule has 0 saturated heterocycles. The molecule has 0 fully saturated rings. The number of carbonyl (C=O) groups is 2. The minimum absolute atomic E-state index is 0.0101. The summed E-state index contributed by atoms with van der Waals surface area (Å²) >= 11 is 1.67. The van der Waals surface area contributed by atoms with Crippen molar-refractivity contribution in [1.29, 1.82) is 0 Å². The number of benzene rings is 1. The van der Waals surface area contributed by atoms with Crippen LogP contribution in [-0.2, 0) is 11.2 Å². The molecule has 0 aliphatic rings. The van der Waals surface area contributed by atoms with Crippen LogP contribution >= 0.6 is 11.3 Å². The molecule has 7 nitrogen and oxygen atoms in total. The summed E-state index contributed by atoms with van der Waals surface area (Å²) in [7, 11) is 0. The van der Waals surface area contributed by atoms with Crippen LogP contribution in [0.3, 0.4) is 0 Å². The fourth-order valence-electron chi connectivity index (χ4n) is 3.63. The Morgan fingerprint density at radius 1 is 1.12 bits per heavy atom. The number of hydrogen-bond donors (Lipinski definition) is 2. The fourth-order valence-corrected chi connectivity index (χ4v) is 4.57. The van der Waals surface area contributed by atoms with Crippen LogP contribution in [0.5, 0.6) is 0 Å². The van der Waals surface area contributed by atoms with Gasteiger partial charge in [0.15, 0.2) is 5.65 Å². The summed E-state index contributed by atoms with van der Waals surface area (Å²) in [6, 6.07) is 9.47. The molecular formula is C24H24FN5O2S. The van der Waals surface area contributed by atoms with Gasteiger partial charge in [0.2, 0.25) is 5.91 Å². The van der Waals surface area contributed by atoms with Gasteiger partial charge in [-0.25, -0.2) is 14.1 Å². The number of aromatic nitrogens is 3. The van der Waals surface area contributed by atoms with E-state index >= 15 is 0 Å². The molecule has 0 bridgehead atoms. The largest absolute Gasteiger partial charge is 0.273 e. The summed E-state index contributed by atoms with van der Waals surface area (Å²) < 4.78 is 14.8. The van der Waals surface area contributed by atoms with E-state index in [1.54, 1.807) is 28.3 Å². The standard InChI is InChI=1S/C24H24FN5O2S/c1-13(2)30-23-20(12-26-30)19(11-21(27-23)18-9-14(3)33-15(18)4)24(32)29-28-22(31)10-16-5-7-17(25)8-6-16/h5-9,11-13H,10H2,1-4H3,(H,28,31)(H,29,32). The molecule has 4 aromatic rings. The molecule has 4 rings (SSSR count). The number of rotatable bonds is 5. The Morgan fingerprint density at radius 3 is 2.48 bits per heavy atom. The van der Waals surface area contributed by atoms with Crippen molar-refractivity contribution in [3.63, 3.8) is 0 Å². The molecule has 0 spiro atoms. The zero-order chi connectivity index (χ0) is 23.7. The van der Waals surface area contributed by atoms with Crippen LogP contribution in [-0.4, -0.2) is 26.6 Å². The average molecular weight is 466 g/mol. The second kappa shape index (κ2) is 9.11. The predicted molar refractivity (Wildman–Crippen MR) is 126 cm³/mol. The van der Waals surface area contributed by atoms with Gasteiger partial charge in [-0.15, -0.1) is 11.3 Å². The van der Waals surface area contributed by atoms with E-state index in [0.717, 1.165) is 15.3 Å². The number of hydrazine groups is 1. The number of thiophene rings is 1. The van der Waals surface area contributed by atoms with E-state index in [9.17, 15) is 14.0 Å². The Hall–Kier alpha value is -3.59. The van der Waals surface area contributed by atoms with Crippen molar-refractivity contribution in [3.05, 3.63) is 69.3 Å². The Morgan fingerprint density at radius 2 is 1.85 bits per heavy atom. The van der Waals surface area contributed by atoms with Crippen molar-refractivity contribution in [1.82, 2.24) is 25.6 Å². The first-order valence-electron chi connectivity index (χ1n) is 10.5. The van der Waals surface area contributed by atoms with Crippen molar-refractivity contribution in [2.24, 2.45) is 0 Å². The van der Waals surface area contributed by atoms with Gasteiger partial charge < -0.3 is 0 Å². The molecule has 1 aromatic carbocycles. The average Bonchev–Trinajstić information content (AvgIpc) is 3.35. The van der Waals surface area contributed by atoms with Gasteiger partial charge in [-0.05, 0) is 57.5 Å². The molecule has 3 aromatic heterocycles. The van der Waals surface area contributed by atoms with E-state index in [-0.39, 0.29) is 18.3 Å². The highest BCUT2D eigenvalue weighted by molar-refractivity contribution is 7.12. The first-order chi connectivity index (χ1) is 15.7. The Kier molecular flexibility index (Phi) is 6.24. The summed E-state index contributed by atoms with van der Waals surface area (Å²) in [6.07, 6.45) is 1.63. The van der Waals surface area contributed by atoms with Crippen molar-refractivity contribution in [2.45, 2.75) is 40.2 Å². The van der Waals surface area contributed by atoms with Crippen LogP contribution in [0, 0.1) is 19.7 Å². The number of nitrogens with one attached hydrogen (secondary N) is 2. The molecule has 33 heavy (non-hydrogen) atoms. The lowest BCUT2D eigenvalue weighted by molar-refractivity contribution is -0.121. The summed E-state index contributed by atoms with van der Waals surface area (Å²) in [5.41, 5.74) is 8.17. The van der Waals surface area contributed by atoms with Gasteiger partial charge >= 0.3 is 0 Å². The maximum Gasteiger partial charge on any atom is 0.270 e. The summed E-state index contributed by atoms with van der Waals surface area (Å²) in [4.78, 5) is 32.4. The fraction of sp³-hybridized carbons (Fsp3) is 0.250. The summed E-state index contributed by atoms with van der Waals surface area (Å²) in [5, 5.41) is 5.02. The molecule has 0 unspecified atom stereocenters. The Balaban J connectivity index is 1.62. The van der Waals surface area contributed by atoms with E-state index in [1.807, 2.05) is 27.7 Å². The number of amides is 2. The maximum absolute atomic E-state index is 13.1. The van der Waals surface area contributed by atoms with Crippen molar-refractivity contribution in [2.75, 3.05) is 0 Å². The number of aryl methyl sites for hydroxylation is 2. The highest BCUT2D eigenvalue weighted by Gasteiger charge is 2.20. The van der Waals surface area contributed by atoms with Crippen molar-refractivity contribution < 1.29 is 14.0 Å². The third kappa shape index (κ3) is 4.78. The zero-order valence-corrected chi connectivity index (χ0v) is 19.6. The molecule has 0 aliphatic heterocycles. The molecule has 2 N–H and O–H groups in total. The second-order valence-electron chi connectivity index (χ2n) is 8.11. The summed E-state index contributed by atoms with van der Waals surface area (Å²) in [6.45, 7) is 8.04. The van der Waals surface area contributed by atoms with Crippen LogP contribution in [0.1, 0.15) is 45.6 Å². The SMILES string of the molecule is Cc1cc(-c2cc(C(=O)NNC(=O)Cc3ccc(F)cc3)c3cnn(C(C)C)c3n2)c(C)s1. The lowest BCUT2D eigenvalue weighted by atomic mass is 10.1. The van der Waals surface area contributed by atoms with Crippen LogP contribution < -0.4 is 10.9 Å². The van der Waals surface area contributed by atoms with Crippen LogP contribution in [0.15, 0.2) is 42.6 Å². The summed E-state index contributed by atoms with van der Waals surface area (Å²) in [5.74, 6) is -1.25. The van der Waals surface area contributed by atoms with Gasteiger partial charge in [0.25, 0.3) is 5.91 Å². The topological polar surface area (TPSA) is 88.9 Å². The minimum Gasteiger partial charge on any atom is -0.273 e. The molecule has 170 valence electrons. The number of halogens is 1. The van der Waals surface area contributed by atoms with Crippen LogP contribution in [0.2, 0.25) is 0 Å². The second-order valence-corrected chi connectivity index (χ2v) is 9.57. The highest BCUT2D eigenvalue weighted by atomic mass is 32.1. The lowest BCUT2D eigenvalue weighted by Gasteiger charge is -2.11. The molecule has 0 radical (unpaired) electrons. The van der Waals surface area contributed by atoms with E-state index in [1.165, 1.54) is 24.3 Å². The van der Waals surface area contributed by atoms with E-state index < -0.39 is 11.8 Å². The Labute approximate surface area is 194 Å². The zero-order valence-electron chi connectivity index (χ0n) is 18.8. The molecule has 3 heterocycles. The van der Waals surface area contributed by atoms with Gasteiger partial charge in [0.1, 0.15) is 5.82 Å². The van der Waals surface area contributed by atoms with Crippen molar-refractivity contribution in [3.8, 4) is 11.3 Å². The third-order valence-corrected chi connectivity index (χ3v) is 6.18. The van der Waals surface area contributed by atoms with Gasteiger partial charge in [-0.2, -0.15) is 5.10 Å². The Bertz CT molecular complexity index is 1340. The van der Waals surface area contributed by atoms with Crippen LogP contribution in [0.25, 0.3) is 22.3 Å². The maximum atomic E-state index is 13.1. The van der Waals surface area contributed by atoms with E-state index in [0.29, 0.717) is 27.9 Å². The lowest BCUT2D eigenvalue weighted by Crippen LogP contribution is -2.42. The van der Waals surface area contributed by atoms with Gasteiger partial charge in [-0.1, -0.05) is 12.1 Å². The number of carbonyl (C=O) groups excluding carboxylic acids is 2. The van der Waals surface area contributed by atoms with Gasteiger partial charge in [-0.3, -0.25) is 20.4 Å². The van der Waals surface area contributed by atoms with E-state index in [4.69, 9.17) is 4.98 Å². The first kappa shape index (κ1) is 22.6. The molecular weight excluding hydrogens is 441 g/mol. The normalized spacial score (nSPS) is 11.2. The van der Waals surface area contributed by atoms with Gasteiger partial charge in [0, 0.05) is 21.4 Å². The molecule has 0 atom stereocenters. The monoisotopic (exact) mass is 465 g/mol. The number of nitrogens with zero attached hydrogens (tertiary/aromatic N) is 3. The minimum atomic E-state index is -0.469. The quantitative estimate of drug-likeness (QED) is 0.425. The molecule has 0 aliphatic carbocycles. The molecule has 2 amide bonds.